The summed E-state index contributed by atoms with van der Waals surface area (Å²) in [5.41, 5.74) is -0.0208. The minimum atomic E-state index is -0.345. The Labute approximate surface area is 75.2 Å². The van der Waals surface area contributed by atoms with Gasteiger partial charge in [-0.2, -0.15) is 0 Å². The second-order valence-electron chi connectivity index (χ2n) is 4.97. The van der Waals surface area contributed by atoms with Gasteiger partial charge in [-0.3, -0.25) is 0 Å². The molecule has 1 heteroatoms. The first kappa shape index (κ1) is 8.55. The molecule has 1 N–H and O–H groups in total. The lowest BCUT2D eigenvalue weighted by molar-refractivity contribution is -0.0978. The molecule has 1 nitrogen and oxygen atoms in total. The van der Waals surface area contributed by atoms with Crippen molar-refractivity contribution in [2.24, 2.45) is 5.41 Å². The molecule has 2 fully saturated rings. The molecule has 2 rings (SSSR count). The Balaban J connectivity index is 2.19. The molecular formula is C11H20O. The molecule has 0 saturated heterocycles. The van der Waals surface area contributed by atoms with Gasteiger partial charge < -0.3 is 5.11 Å². The predicted octanol–water partition coefficient (Wildman–Crippen LogP) is 2.87. The Morgan fingerprint density at radius 3 is 1.67 bits per heavy atom. The highest BCUT2D eigenvalue weighted by atomic mass is 16.3. The summed E-state index contributed by atoms with van der Waals surface area (Å²) < 4.78 is 0. The van der Waals surface area contributed by atoms with Gasteiger partial charge in [0.25, 0.3) is 0 Å². The summed E-state index contributed by atoms with van der Waals surface area (Å²) in [7, 11) is 0. The minimum Gasteiger partial charge on any atom is -0.390 e. The summed E-state index contributed by atoms with van der Waals surface area (Å²) in [4.78, 5) is 0. The first-order valence-electron chi connectivity index (χ1n) is 5.39. The maximum absolute atomic E-state index is 10.3. The third-order valence-electron chi connectivity index (χ3n) is 4.27. The Bertz CT molecular complexity index is 166. The fourth-order valence-electron chi connectivity index (χ4n) is 3.31. The van der Waals surface area contributed by atoms with Crippen LogP contribution < -0.4 is 0 Å². The summed E-state index contributed by atoms with van der Waals surface area (Å²) in [6.45, 7) is 2.07. The molecule has 2 aliphatic rings. The van der Waals surface area contributed by atoms with E-state index in [0.717, 1.165) is 6.42 Å². The Hall–Kier alpha value is -0.0400. The fourth-order valence-corrected chi connectivity index (χ4v) is 3.31. The molecule has 0 aromatic carbocycles. The molecule has 70 valence electrons. The maximum Gasteiger partial charge on any atom is 0.0675 e. The standard InChI is InChI=1S/C11H20O/c1-10(12)6-2-3-7-11(10)8-4-5-9-11/h12H,2-9H2,1H3/t10-/m1/s1. The van der Waals surface area contributed by atoms with E-state index in [1.165, 1.54) is 44.9 Å². The Morgan fingerprint density at radius 1 is 0.833 bits per heavy atom. The number of hydrogen-bond acceptors (Lipinski definition) is 1. The van der Waals surface area contributed by atoms with Crippen LogP contribution in [0, 0.1) is 5.41 Å². The molecule has 0 radical (unpaired) electrons. The SMILES string of the molecule is C[C@@]1(O)CCCCC12CCCC2. The van der Waals surface area contributed by atoms with E-state index in [1.54, 1.807) is 0 Å². The molecule has 1 atom stereocenters. The van der Waals surface area contributed by atoms with Crippen molar-refractivity contribution in [1.82, 2.24) is 0 Å². The lowest BCUT2D eigenvalue weighted by Gasteiger charge is -2.46. The monoisotopic (exact) mass is 168 g/mol. The highest BCUT2D eigenvalue weighted by Crippen LogP contribution is 2.54. The number of rotatable bonds is 0. The molecular weight excluding hydrogens is 148 g/mol. The van der Waals surface area contributed by atoms with E-state index in [0.29, 0.717) is 5.41 Å². The van der Waals surface area contributed by atoms with Crippen molar-refractivity contribution in [1.29, 1.82) is 0 Å². The molecule has 0 bridgehead atoms. The molecule has 0 amide bonds. The van der Waals surface area contributed by atoms with E-state index in [9.17, 15) is 5.11 Å². The zero-order chi connectivity index (χ0) is 8.66. The second-order valence-corrected chi connectivity index (χ2v) is 4.97. The van der Waals surface area contributed by atoms with Gasteiger partial charge in [-0.1, -0.05) is 25.7 Å². The zero-order valence-corrected chi connectivity index (χ0v) is 8.10. The predicted molar refractivity (Wildman–Crippen MR) is 50.0 cm³/mol. The van der Waals surface area contributed by atoms with Crippen LogP contribution in [0.4, 0.5) is 0 Å². The van der Waals surface area contributed by atoms with Crippen molar-refractivity contribution in [2.45, 2.75) is 63.9 Å². The maximum atomic E-state index is 10.3. The van der Waals surface area contributed by atoms with Gasteiger partial charge in [0.1, 0.15) is 0 Å². The van der Waals surface area contributed by atoms with E-state index < -0.39 is 0 Å². The summed E-state index contributed by atoms with van der Waals surface area (Å²) >= 11 is 0. The summed E-state index contributed by atoms with van der Waals surface area (Å²) in [5.74, 6) is 0. The van der Waals surface area contributed by atoms with Gasteiger partial charge in [-0.05, 0) is 38.0 Å². The van der Waals surface area contributed by atoms with Crippen molar-refractivity contribution in [3.8, 4) is 0 Å². The first-order chi connectivity index (χ1) is 5.66. The van der Waals surface area contributed by atoms with Gasteiger partial charge in [-0.15, -0.1) is 0 Å². The molecule has 1 spiro atoms. The van der Waals surface area contributed by atoms with Gasteiger partial charge in [0.2, 0.25) is 0 Å². The van der Waals surface area contributed by atoms with E-state index >= 15 is 0 Å². The lowest BCUT2D eigenvalue weighted by Crippen LogP contribution is -2.46. The van der Waals surface area contributed by atoms with E-state index in [4.69, 9.17) is 0 Å². The van der Waals surface area contributed by atoms with Crippen LogP contribution in [-0.2, 0) is 0 Å². The molecule has 12 heavy (non-hydrogen) atoms. The van der Waals surface area contributed by atoms with Crippen LogP contribution in [0.25, 0.3) is 0 Å². The third kappa shape index (κ3) is 1.10. The van der Waals surface area contributed by atoms with Crippen LogP contribution in [-0.4, -0.2) is 10.7 Å². The Morgan fingerprint density at radius 2 is 1.25 bits per heavy atom. The average Bonchev–Trinajstić information content (AvgIpc) is 2.46. The van der Waals surface area contributed by atoms with Gasteiger partial charge in [0.15, 0.2) is 0 Å². The zero-order valence-electron chi connectivity index (χ0n) is 8.10. The molecule has 0 unspecified atom stereocenters. The molecule has 0 heterocycles. The van der Waals surface area contributed by atoms with Crippen molar-refractivity contribution in [3.63, 3.8) is 0 Å². The van der Waals surface area contributed by atoms with Crippen LogP contribution in [0.15, 0.2) is 0 Å². The average molecular weight is 168 g/mol. The molecule has 0 aliphatic heterocycles. The second kappa shape index (κ2) is 2.73. The third-order valence-corrected chi connectivity index (χ3v) is 4.27. The van der Waals surface area contributed by atoms with E-state index in [-0.39, 0.29) is 5.60 Å². The van der Waals surface area contributed by atoms with Crippen LogP contribution in [0.3, 0.4) is 0 Å². The summed E-state index contributed by atoms with van der Waals surface area (Å²) in [5, 5.41) is 10.3. The Kier molecular flexibility index (Phi) is 1.95. The highest BCUT2D eigenvalue weighted by molar-refractivity contribution is 5.01. The van der Waals surface area contributed by atoms with Gasteiger partial charge in [-0.25, -0.2) is 0 Å². The van der Waals surface area contributed by atoms with Crippen LogP contribution in [0.2, 0.25) is 0 Å². The minimum absolute atomic E-state index is 0.325. The molecule has 0 aromatic rings. The number of hydrogen-bond donors (Lipinski definition) is 1. The highest BCUT2D eigenvalue weighted by Gasteiger charge is 2.49. The van der Waals surface area contributed by atoms with Gasteiger partial charge in [0, 0.05) is 0 Å². The van der Waals surface area contributed by atoms with Crippen molar-refractivity contribution < 1.29 is 5.11 Å². The first-order valence-corrected chi connectivity index (χ1v) is 5.39. The largest absolute Gasteiger partial charge is 0.390 e. The van der Waals surface area contributed by atoms with Gasteiger partial charge in [0.05, 0.1) is 5.60 Å². The van der Waals surface area contributed by atoms with E-state index in [2.05, 4.69) is 6.92 Å². The fraction of sp³-hybridized carbons (Fsp3) is 1.00. The normalized spacial score (nSPS) is 40.5. The van der Waals surface area contributed by atoms with E-state index in [1.807, 2.05) is 0 Å². The van der Waals surface area contributed by atoms with Crippen molar-refractivity contribution in [2.75, 3.05) is 0 Å². The summed E-state index contributed by atoms with van der Waals surface area (Å²) in [6.07, 6.45) is 10.1. The molecule has 2 saturated carbocycles. The quantitative estimate of drug-likeness (QED) is 0.589. The number of aliphatic hydroxyl groups is 1. The van der Waals surface area contributed by atoms with Crippen molar-refractivity contribution in [3.05, 3.63) is 0 Å². The van der Waals surface area contributed by atoms with Gasteiger partial charge >= 0.3 is 0 Å². The van der Waals surface area contributed by atoms with Crippen LogP contribution in [0.1, 0.15) is 58.3 Å². The molecule has 0 aromatic heterocycles. The van der Waals surface area contributed by atoms with Crippen LogP contribution in [0.5, 0.6) is 0 Å². The lowest BCUT2D eigenvalue weighted by atomic mass is 9.63. The molecule has 2 aliphatic carbocycles. The van der Waals surface area contributed by atoms with Crippen molar-refractivity contribution >= 4 is 0 Å². The summed E-state index contributed by atoms with van der Waals surface area (Å²) in [6, 6.07) is 0. The van der Waals surface area contributed by atoms with Crippen LogP contribution >= 0.6 is 0 Å². The smallest absolute Gasteiger partial charge is 0.0675 e. The topological polar surface area (TPSA) is 20.2 Å².